The monoisotopic (exact) mass is 146 g/mol. The third-order valence-corrected chi connectivity index (χ3v) is 1.40. The standard InChI is InChI=1S/C4H10O.C3H4O2/c1-3-5-4-2;1-3-2(4-3)5-3/h3-4H2,1-2H3;2H,1H3. The summed E-state index contributed by atoms with van der Waals surface area (Å²) in [5.41, 5.74) is 0. The second-order valence-corrected chi connectivity index (χ2v) is 2.37. The molecule has 0 saturated carbocycles. The van der Waals surface area contributed by atoms with E-state index in [0.717, 1.165) is 13.2 Å². The van der Waals surface area contributed by atoms with E-state index < -0.39 is 0 Å². The van der Waals surface area contributed by atoms with Gasteiger partial charge in [-0.1, -0.05) is 0 Å². The molecule has 0 unspecified atom stereocenters. The molecule has 10 heavy (non-hydrogen) atoms. The molecule has 3 heteroatoms. The normalized spacial score (nSPS) is 39.3. The van der Waals surface area contributed by atoms with Crippen LogP contribution in [-0.4, -0.2) is 25.3 Å². The lowest BCUT2D eigenvalue weighted by Gasteiger charge is -1.86. The fourth-order valence-electron chi connectivity index (χ4n) is 0.570. The summed E-state index contributed by atoms with van der Waals surface area (Å²) in [4.78, 5) is 0. The Labute approximate surface area is 61.3 Å². The molecule has 0 radical (unpaired) electrons. The Morgan fingerprint density at radius 3 is 1.60 bits per heavy atom. The average Bonchev–Trinajstić information content (AvgIpc) is 2.60. The van der Waals surface area contributed by atoms with Crippen molar-refractivity contribution >= 4 is 0 Å². The minimum absolute atomic E-state index is 0.0833. The smallest absolute Gasteiger partial charge is 0.223 e. The van der Waals surface area contributed by atoms with Gasteiger partial charge in [0, 0.05) is 13.2 Å². The Balaban J connectivity index is 0.0000001000. The van der Waals surface area contributed by atoms with Crippen LogP contribution in [0.2, 0.25) is 0 Å². The minimum Gasteiger partial charge on any atom is -0.382 e. The van der Waals surface area contributed by atoms with Gasteiger partial charge in [0.15, 0.2) is 0 Å². The second-order valence-electron chi connectivity index (χ2n) is 2.37. The Morgan fingerprint density at radius 2 is 1.60 bits per heavy atom. The van der Waals surface area contributed by atoms with E-state index in [4.69, 9.17) is 14.2 Å². The molecule has 2 aliphatic heterocycles. The van der Waals surface area contributed by atoms with Crippen LogP contribution in [0.25, 0.3) is 0 Å². The van der Waals surface area contributed by atoms with E-state index in [0.29, 0.717) is 0 Å². The predicted octanol–water partition coefficient (Wildman–Crippen LogP) is 1.13. The highest BCUT2D eigenvalue weighted by atomic mass is 17.0. The van der Waals surface area contributed by atoms with Crippen LogP contribution in [0.4, 0.5) is 0 Å². The van der Waals surface area contributed by atoms with Gasteiger partial charge in [-0.2, -0.15) is 0 Å². The molecule has 2 aliphatic rings. The zero-order chi connectivity index (χ0) is 7.61. The predicted molar refractivity (Wildman–Crippen MR) is 36.5 cm³/mol. The molecule has 0 spiro atoms. The second kappa shape index (κ2) is 2.86. The van der Waals surface area contributed by atoms with Gasteiger partial charge in [-0.05, 0) is 20.8 Å². The summed E-state index contributed by atoms with van der Waals surface area (Å²) in [5, 5.41) is 0. The van der Waals surface area contributed by atoms with Gasteiger partial charge in [-0.25, -0.2) is 0 Å². The van der Waals surface area contributed by atoms with Gasteiger partial charge >= 0.3 is 0 Å². The van der Waals surface area contributed by atoms with Crippen LogP contribution >= 0.6 is 0 Å². The molecule has 0 aliphatic carbocycles. The maximum atomic E-state index is 4.83. The van der Waals surface area contributed by atoms with Crippen molar-refractivity contribution in [3.63, 3.8) is 0 Å². The summed E-state index contributed by atoms with van der Waals surface area (Å²) in [6, 6.07) is 0. The minimum atomic E-state index is -0.0833. The van der Waals surface area contributed by atoms with Crippen LogP contribution in [0.3, 0.4) is 0 Å². The maximum Gasteiger partial charge on any atom is 0.223 e. The van der Waals surface area contributed by atoms with Gasteiger partial charge in [0.1, 0.15) is 0 Å². The van der Waals surface area contributed by atoms with Crippen molar-refractivity contribution < 1.29 is 14.2 Å². The molecule has 0 atom stereocenters. The lowest BCUT2D eigenvalue weighted by Crippen LogP contribution is -1.85. The summed E-state index contributed by atoms with van der Waals surface area (Å²) in [7, 11) is 0. The Bertz CT molecular complexity index is 105. The van der Waals surface area contributed by atoms with Crippen molar-refractivity contribution in [1.29, 1.82) is 0 Å². The quantitative estimate of drug-likeness (QED) is 0.548. The van der Waals surface area contributed by atoms with Gasteiger partial charge in [-0.3, -0.25) is 0 Å². The van der Waals surface area contributed by atoms with Crippen LogP contribution in [0.5, 0.6) is 0 Å². The van der Waals surface area contributed by atoms with Crippen molar-refractivity contribution in [1.82, 2.24) is 0 Å². The first kappa shape index (κ1) is 7.98. The highest BCUT2D eigenvalue weighted by Gasteiger charge is 2.73. The molecule has 3 nitrogen and oxygen atoms in total. The van der Waals surface area contributed by atoms with E-state index in [2.05, 4.69) is 0 Å². The SMILES string of the molecule is CC12OC1O2.CCOCC. The van der Waals surface area contributed by atoms with Crippen LogP contribution in [-0.2, 0) is 14.2 Å². The summed E-state index contributed by atoms with van der Waals surface area (Å²) < 4.78 is 14.4. The largest absolute Gasteiger partial charge is 0.382 e. The molecule has 0 N–H and O–H groups in total. The average molecular weight is 146 g/mol. The lowest BCUT2D eigenvalue weighted by molar-refractivity contribution is -0.0403. The molecule has 0 aromatic rings. The fourth-order valence-corrected chi connectivity index (χ4v) is 0.570. The lowest BCUT2D eigenvalue weighted by atomic mass is 10.6. The topological polar surface area (TPSA) is 34.3 Å². The van der Waals surface area contributed by atoms with Gasteiger partial charge in [-0.15, -0.1) is 0 Å². The Hall–Kier alpha value is -0.120. The number of hydrogen-bond acceptors (Lipinski definition) is 3. The van der Waals surface area contributed by atoms with Gasteiger partial charge in [0.2, 0.25) is 12.1 Å². The van der Waals surface area contributed by atoms with Crippen molar-refractivity contribution in [3.05, 3.63) is 0 Å². The molecule has 60 valence electrons. The highest BCUT2D eigenvalue weighted by Crippen LogP contribution is 2.55. The molecule has 0 aromatic carbocycles. The van der Waals surface area contributed by atoms with Crippen molar-refractivity contribution in [2.24, 2.45) is 0 Å². The van der Waals surface area contributed by atoms with E-state index in [1.165, 1.54) is 0 Å². The Morgan fingerprint density at radius 1 is 1.30 bits per heavy atom. The zero-order valence-corrected chi connectivity index (χ0v) is 6.72. The summed E-state index contributed by atoms with van der Waals surface area (Å²) in [5.74, 6) is -0.0833. The highest BCUT2D eigenvalue weighted by molar-refractivity contribution is 4.98. The molecule has 2 fully saturated rings. The molecule has 0 aromatic heterocycles. The first-order valence-corrected chi connectivity index (χ1v) is 3.66. The summed E-state index contributed by atoms with van der Waals surface area (Å²) in [6.07, 6.45) is 0.197. The molecular formula is C7H14O3. The number of ether oxygens (including phenoxy) is 3. The van der Waals surface area contributed by atoms with Crippen LogP contribution < -0.4 is 0 Å². The Kier molecular flexibility index (Phi) is 2.28. The number of rotatable bonds is 2. The van der Waals surface area contributed by atoms with E-state index in [1.54, 1.807) is 0 Å². The summed E-state index contributed by atoms with van der Waals surface area (Å²) in [6.45, 7) is 7.59. The first-order valence-electron chi connectivity index (χ1n) is 3.66. The fraction of sp³-hybridized carbons (Fsp3) is 1.00. The van der Waals surface area contributed by atoms with Gasteiger partial charge in [0.25, 0.3) is 0 Å². The number of hydrogen-bond donors (Lipinski definition) is 0. The van der Waals surface area contributed by atoms with E-state index in [-0.39, 0.29) is 12.1 Å². The first-order chi connectivity index (χ1) is 4.73. The van der Waals surface area contributed by atoms with Crippen molar-refractivity contribution in [2.45, 2.75) is 32.8 Å². The molecule has 2 saturated heterocycles. The molecule has 2 rings (SSSR count). The maximum absolute atomic E-state index is 4.83. The van der Waals surface area contributed by atoms with Crippen molar-refractivity contribution in [3.8, 4) is 0 Å². The number of fused-ring (bicyclic) bond motifs is 1. The van der Waals surface area contributed by atoms with Crippen LogP contribution in [0, 0.1) is 0 Å². The van der Waals surface area contributed by atoms with E-state index in [1.807, 2.05) is 20.8 Å². The number of epoxide rings is 2. The van der Waals surface area contributed by atoms with E-state index in [9.17, 15) is 0 Å². The molecule has 0 bridgehead atoms. The molecule has 2 heterocycles. The third-order valence-electron chi connectivity index (χ3n) is 1.40. The van der Waals surface area contributed by atoms with Crippen LogP contribution in [0.1, 0.15) is 20.8 Å². The van der Waals surface area contributed by atoms with Gasteiger partial charge in [0.05, 0.1) is 0 Å². The van der Waals surface area contributed by atoms with Crippen LogP contribution in [0.15, 0.2) is 0 Å². The zero-order valence-electron chi connectivity index (χ0n) is 6.72. The third kappa shape index (κ3) is 1.94. The molecule has 0 amide bonds. The van der Waals surface area contributed by atoms with Gasteiger partial charge < -0.3 is 14.2 Å². The summed E-state index contributed by atoms with van der Waals surface area (Å²) >= 11 is 0. The molecular weight excluding hydrogens is 132 g/mol. The van der Waals surface area contributed by atoms with Crippen molar-refractivity contribution in [2.75, 3.05) is 13.2 Å². The van der Waals surface area contributed by atoms with E-state index >= 15 is 0 Å².